The van der Waals surface area contributed by atoms with E-state index in [1.54, 1.807) is 14.2 Å². The van der Waals surface area contributed by atoms with Gasteiger partial charge in [-0.25, -0.2) is 0 Å². The van der Waals surface area contributed by atoms with E-state index in [2.05, 4.69) is 31.3 Å². The molecule has 0 saturated heterocycles. The summed E-state index contributed by atoms with van der Waals surface area (Å²) in [4.78, 5) is 0. The second-order valence-electron chi connectivity index (χ2n) is 7.27. The van der Waals surface area contributed by atoms with Crippen LogP contribution in [0.4, 0.5) is 0 Å². The Bertz CT molecular complexity index is 516. The van der Waals surface area contributed by atoms with Crippen LogP contribution in [0.1, 0.15) is 51.4 Å². The molecule has 2 saturated carbocycles. The van der Waals surface area contributed by atoms with Crippen molar-refractivity contribution < 1.29 is 28.7 Å². The maximum absolute atomic E-state index is 7.00. The third-order valence-corrected chi connectivity index (χ3v) is 15.4. The Morgan fingerprint density at radius 3 is 1.67 bits per heavy atom. The van der Waals surface area contributed by atoms with Gasteiger partial charge in [-0.1, -0.05) is 0 Å². The van der Waals surface area contributed by atoms with Crippen LogP contribution in [0.15, 0.2) is 18.2 Å². The Kier molecular flexibility index (Phi) is 6.53. The van der Waals surface area contributed by atoms with Gasteiger partial charge in [0, 0.05) is 0 Å². The molecule has 24 heavy (non-hydrogen) atoms. The average molecular weight is 462 g/mol. The van der Waals surface area contributed by atoms with Gasteiger partial charge in [-0.15, -0.1) is 0 Å². The molecule has 0 spiro atoms. The Hall–Kier alpha value is 0.202. The molecular formula is C19H29ClO2PPd. The van der Waals surface area contributed by atoms with Gasteiger partial charge in [-0.3, -0.25) is 0 Å². The molecule has 5 heteroatoms. The van der Waals surface area contributed by atoms with Crippen LogP contribution in [0.25, 0.3) is 0 Å². The minimum atomic E-state index is -1.94. The van der Waals surface area contributed by atoms with E-state index in [0.29, 0.717) is 0 Å². The Labute approximate surface area is 162 Å². The zero-order valence-corrected chi connectivity index (χ0v) is 17.9. The second kappa shape index (κ2) is 8.26. The summed E-state index contributed by atoms with van der Waals surface area (Å²) < 4.78 is 11.3. The van der Waals surface area contributed by atoms with Gasteiger partial charge in [0.05, 0.1) is 0 Å². The summed E-state index contributed by atoms with van der Waals surface area (Å²) in [7, 11) is 1.54. The van der Waals surface area contributed by atoms with Crippen molar-refractivity contribution in [2.24, 2.45) is 0 Å². The number of rotatable bonds is 6. The molecule has 1 unspecified atom stereocenters. The van der Waals surface area contributed by atoms with Crippen LogP contribution in [0.3, 0.4) is 0 Å². The minimum absolute atomic E-state index is 0.100. The molecule has 1 atom stereocenters. The molecule has 2 aliphatic carbocycles. The normalized spacial score (nSPS) is 21.9. The summed E-state index contributed by atoms with van der Waals surface area (Å²) in [5, 5.41) is 1.43. The third kappa shape index (κ3) is 3.40. The van der Waals surface area contributed by atoms with Crippen molar-refractivity contribution in [2.75, 3.05) is 14.2 Å². The first-order chi connectivity index (χ1) is 11.6. The van der Waals surface area contributed by atoms with Gasteiger partial charge in [0.15, 0.2) is 0 Å². The fraction of sp³-hybridized carbons (Fsp3) is 0.684. The van der Waals surface area contributed by atoms with Gasteiger partial charge in [-0.05, 0) is 0 Å². The first kappa shape index (κ1) is 19.0. The Balaban J connectivity index is 2.15. The van der Waals surface area contributed by atoms with E-state index in [1.807, 2.05) is 6.07 Å². The molecular weight excluding hydrogens is 433 g/mol. The van der Waals surface area contributed by atoms with Crippen LogP contribution in [-0.4, -0.2) is 29.1 Å². The molecule has 2 aliphatic rings. The van der Waals surface area contributed by atoms with E-state index in [1.165, 1.54) is 56.7 Å². The summed E-state index contributed by atoms with van der Waals surface area (Å²) in [5.41, 5.74) is 1.55. The predicted octanol–water partition coefficient (Wildman–Crippen LogP) is 5.03. The zero-order valence-electron chi connectivity index (χ0n) is 14.6. The molecule has 0 amide bonds. The Morgan fingerprint density at radius 2 is 1.33 bits per heavy atom. The van der Waals surface area contributed by atoms with Crippen molar-refractivity contribution in [3.8, 4) is 11.5 Å². The SMILES string of the molecule is COc1cc(OC)cc([PH]([CH](Cl)[Pd])(C2CCCC2)C2CCCC2)c1. The van der Waals surface area contributed by atoms with Gasteiger partial charge in [0.25, 0.3) is 0 Å². The number of halogens is 1. The molecule has 1 aromatic carbocycles. The topological polar surface area (TPSA) is 18.5 Å². The van der Waals surface area contributed by atoms with Crippen LogP contribution >= 0.6 is 18.9 Å². The summed E-state index contributed by atoms with van der Waals surface area (Å²) >= 11 is 10.6. The van der Waals surface area contributed by atoms with Gasteiger partial charge < -0.3 is 0 Å². The van der Waals surface area contributed by atoms with Gasteiger partial charge >= 0.3 is 163 Å². The fourth-order valence-electron chi connectivity index (χ4n) is 5.11. The molecule has 0 bridgehead atoms. The number of hydrogen-bond acceptors (Lipinski definition) is 2. The molecule has 139 valence electrons. The number of ether oxygens (including phenoxy) is 2. The van der Waals surface area contributed by atoms with E-state index in [-0.39, 0.29) is 3.59 Å². The maximum atomic E-state index is 7.00. The van der Waals surface area contributed by atoms with E-state index in [4.69, 9.17) is 21.1 Å². The first-order valence-electron chi connectivity index (χ1n) is 9.11. The first-order valence-corrected chi connectivity index (χ1v) is 12.7. The quantitative estimate of drug-likeness (QED) is 0.336. The van der Waals surface area contributed by atoms with Crippen molar-refractivity contribution in [3.63, 3.8) is 0 Å². The summed E-state index contributed by atoms with van der Waals surface area (Å²) in [6, 6.07) is 6.49. The number of alkyl halides is 1. The molecule has 1 aromatic rings. The fourth-order valence-corrected chi connectivity index (χ4v) is 15.5. The molecule has 0 heterocycles. The van der Waals surface area contributed by atoms with Crippen LogP contribution in [0.5, 0.6) is 11.5 Å². The van der Waals surface area contributed by atoms with E-state index in [0.717, 1.165) is 22.8 Å². The van der Waals surface area contributed by atoms with Crippen molar-refractivity contribution in [1.29, 1.82) is 0 Å². The number of hydrogen-bond donors (Lipinski definition) is 0. The summed E-state index contributed by atoms with van der Waals surface area (Å²) in [5.74, 6) is 1.79. The number of methoxy groups -OCH3 is 2. The van der Waals surface area contributed by atoms with Crippen LogP contribution in [0.2, 0.25) is 0 Å². The van der Waals surface area contributed by atoms with Crippen LogP contribution in [-0.2, 0) is 19.2 Å². The molecule has 0 aliphatic heterocycles. The van der Waals surface area contributed by atoms with Crippen molar-refractivity contribution in [1.82, 2.24) is 0 Å². The van der Waals surface area contributed by atoms with Gasteiger partial charge in [-0.2, -0.15) is 0 Å². The molecule has 3 rings (SSSR count). The van der Waals surface area contributed by atoms with E-state index in [9.17, 15) is 0 Å². The Morgan fingerprint density at radius 1 is 0.917 bits per heavy atom. The third-order valence-electron chi connectivity index (χ3n) is 6.24. The number of benzene rings is 1. The van der Waals surface area contributed by atoms with E-state index >= 15 is 0 Å². The summed E-state index contributed by atoms with van der Waals surface area (Å²) in [6.07, 6.45) is 10.8. The molecule has 0 radical (unpaired) electrons. The second-order valence-corrected chi connectivity index (χ2v) is 14.9. The standard InChI is InChI=1S/C19H29ClO2P.Pd/c1-21-15-11-16(22-2)13-19(12-15)23(14-20,17-7-3-4-8-17)18-9-5-6-10-18;/h11-14,17-18,23H,3-10H2,1-2H3;. The van der Waals surface area contributed by atoms with E-state index < -0.39 is 7.26 Å². The van der Waals surface area contributed by atoms with Crippen LogP contribution in [0, 0.1) is 0 Å². The average Bonchev–Trinajstić information content (AvgIpc) is 3.29. The van der Waals surface area contributed by atoms with Gasteiger partial charge in [0.1, 0.15) is 0 Å². The molecule has 0 N–H and O–H groups in total. The molecule has 0 aromatic heterocycles. The van der Waals surface area contributed by atoms with Crippen molar-refractivity contribution in [3.05, 3.63) is 18.2 Å². The van der Waals surface area contributed by atoms with Crippen molar-refractivity contribution in [2.45, 2.75) is 66.3 Å². The van der Waals surface area contributed by atoms with Crippen LogP contribution < -0.4 is 14.8 Å². The molecule has 2 nitrogen and oxygen atoms in total. The van der Waals surface area contributed by atoms with Crippen molar-refractivity contribution >= 4 is 24.2 Å². The predicted molar refractivity (Wildman–Crippen MR) is 102 cm³/mol. The van der Waals surface area contributed by atoms with Gasteiger partial charge in [0.2, 0.25) is 0 Å². The summed E-state index contributed by atoms with van der Waals surface area (Å²) in [6.45, 7) is 0. The monoisotopic (exact) mass is 461 g/mol. The zero-order chi connectivity index (χ0) is 17.2. The molecule has 2 fully saturated rings.